The van der Waals surface area contributed by atoms with Gasteiger partial charge in [0.2, 0.25) is 0 Å². The third kappa shape index (κ3) is 3.79. The Morgan fingerprint density at radius 3 is 2.15 bits per heavy atom. The average Bonchev–Trinajstić information content (AvgIpc) is 2.61. The monoisotopic (exact) mass is 360 g/mol. The zero-order valence-electron chi connectivity index (χ0n) is 15.5. The summed E-state index contributed by atoms with van der Waals surface area (Å²) in [5.74, 6) is -3.63. The minimum Gasteiger partial charge on any atom is -0.496 e. The van der Waals surface area contributed by atoms with E-state index in [1.54, 1.807) is 45.0 Å². The Labute approximate surface area is 153 Å². The van der Waals surface area contributed by atoms with Crippen LogP contribution in [0.4, 0.5) is 0 Å². The maximum Gasteiger partial charge on any atom is 0.317 e. The van der Waals surface area contributed by atoms with Crippen LogP contribution in [0.3, 0.4) is 0 Å². The van der Waals surface area contributed by atoms with Crippen molar-refractivity contribution in [2.75, 3.05) is 20.3 Å². The summed E-state index contributed by atoms with van der Waals surface area (Å²) in [6, 6.07) is 7.06. The molecule has 0 spiro atoms. The van der Waals surface area contributed by atoms with Gasteiger partial charge in [-0.1, -0.05) is 23.8 Å². The summed E-state index contributed by atoms with van der Waals surface area (Å²) >= 11 is 0. The van der Waals surface area contributed by atoms with Crippen LogP contribution in [0.25, 0.3) is 0 Å². The molecular weight excluding hydrogens is 336 g/mol. The highest BCUT2D eigenvalue weighted by atomic mass is 16.5. The van der Waals surface area contributed by atoms with Gasteiger partial charge >= 0.3 is 11.9 Å². The van der Waals surface area contributed by atoms with Gasteiger partial charge in [0.1, 0.15) is 11.7 Å². The summed E-state index contributed by atoms with van der Waals surface area (Å²) in [7, 11) is 1.50. The van der Waals surface area contributed by atoms with Crippen molar-refractivity contribution in [3.05, 3.63) is 41.5 Å². The van der Waals surface area contributed by atoms with E-state index in [0.29, 0.717) is 16.9 Å². The van der Waals surface area contributed by atoms with Crippen molar-refractivity contribution in [1.82, 2.24) is 0 Å². The molecule has 6 nitrogen and oxygen atoms in total. The Bertz CT molecular complexity index is 721. The maximum atomic E-state index is 12.7. The molecule has 1 aliphatic carbocycles. The van der Waals surface area contributed by atoms with Crippen LogP contribution in [0.1, 0.15) is 32.3 Å². The van der Waals surface area contributed by atoms with Gasteiger partial charge < -0.3 is 14.2 Å². The number of ether oxygens (including phenoxy) is 3. The second-order valence-corrected chi connectivity index (χ2v) is 6.02. The van der Waals surface area contributed by atoms with E-state index < -0.39 is 29.7 Å². The normalized spacial score (nSPS) is 22.4. The van der Waals surface area contributed by atoms with E-state index in [0.717, 1.165) is 0 Å². The van der Waals surface area contributed by atoms with E-state index in [-0.39, 0.29) is 19.0 Å². The highest BCUT2D eigenvalue weighted by molar-refractivity contribution is 6.08. The smallest absolute Gasteiger partial charge is 0.317 e. The fraction of sp³-hybridized carbons (Fsp3) is 0.450. The van der Waals surface area contributed by atoms with Crippen LogP contribution in [0.5, 0.6) is 5.75 Å². The van der Waals surface area contributed by atoms with Crippen molar-refractivity contribution in [3.8, 4) is 5.75 Å². The number of hydrogen-bond acceptors (Lipinski definition) is 6. The van der Waals surface area contributed by atoms with Crippen molar-refractivity contribution >= 4 is 17.7 Å². The van der Waals surface area contributed by atoms with Gasteiger partial charge in [0, 0.05) is 5.92 Å². The number of allylic oxidation sites excluding steroid dienone is 1. The molecule has 0 radical (unpaired) electrons. The fourth-order valence-electron chi connectivity index (χ4n) is 3.42. The summed E-state index contributed by atoms with van der Waals surface area (Å²) in [5, 5.41) is 0. The molecule has 140 valence electrons. The van der Waals surface area contributed by atoms with Gasteiger partial charge in [0.05, 0.1) is 26.2 Å². The Morgan fingerprint density at radius 1 is 1.00 bits per heavy atom. The number of benzene rings is 1. The standard InChI is InChI=1S/C20H24O6/c1-5-25-19(22)16-12(3)11-14(21)18(20(23)26-6-2)17(16)13-9-7-8-10-15(13)24-4/h7-11,16-18H,5-6H2,1-4H3. The second kappa shape index (κ2) is 8.65. The van der Waals surface area contributed by atoms with Gasteiger partial charge in [-0.25, -0.2) is 0 Å². The van der Waals surface area contributed by atoms with E-state index in [1.807, 2.05) is 0 Å². The minimum atomic E-state index is -1.12. The molecule has 26 heavy (non-hydrogen) atoms. The Balaban J connectivity index is 2.64. The lowest BCUT2D eigenvalue weighted by molar-refractivity contribution is -0.155. The average molecular weight is 360 g/mol. The molecule has 0 heterocycles. The molecule has 0 fully saturated rings. The maximum absolute atomic E-state index is 12.7. The number of methoxy groups -OCH3 is 1. The Morgan fingerprint density at radius 2 is 1.58 bits per heavy atom. The van der Waals surface area contributed by atoms with Gasteiger partial charge in [0.25, 0.3) is 0 Å². The molecule has 0 aromatic heterocycles. The largest absolute Gasteiger partial charge is 0.496 e. The number of para-hydroxylation sites is 1. The first-order valence-corrected chi connectivity index (χ1v) is 8.64. The highest BCUT2D eigenvalue weighted by Gasteiger charge is 2.48. The van der Waals surface area contributed by atoms with Crippen molar-refractivity contribution in [2.24, 2.45) is 11.8 Å². The third-order valence-corrected chi connectivity index (χ3v) is 4.46. The summed E-state index contributed by atoms with van der Waals surface area (Å²) < 4.78 is 15.7. The zero-order valence-corrected chi connectivity index (χ0v) is 15.5. The van der Waals surface area contributed by atoms with E-state index >= 15 is 0 Å². The number of esters is 2. The van der Waals surface area contributed by atoms with Crippen molar-refractivity contribution in [2.45, 2.75) is 26.7 Å². The van der Waals surface area contributed by atoms with Crippen molar-refractivity contribution in [1.29, 1.82) is 0 Å². The number of rotatable bonds is 6. The molecule has 0 bridgehead atoms. The predicted octanol–water partition coefficient (Wildman–Crippen LogP) is 2.67. The van der Waals surface area contributed by atoms with E-state index in [1.165, 1.54) is 13.2 Å². The lowest BCUT2D eigenvalue weighted by atomic mass is 9.68. The van der Waals surface area contributed by atoms with Gasteiger partial charge in [0.15, 0.2) is 5.78 Å². The molecule has 3 unspecified atom stereocenters. The SMILES string of the molecule is CCOC(=O)C1C(=O)C=C(C)C(C(=O)OCC)C1c1ccccc1OC. The summed E-state index contributed by atoms with van der Waals surface area (Å²) in [6.07, 6.45) is 1.34. The molecule has 1 aliphatic rings. The first-order chi connectivity index (χ1) is 12.5. The topological polar surface area (TPSA) is 78.9 Å². The fourth-order valence-corrected chi connectivity index (χ4v) is 3.42. The third-order valence-electron chi connectivity index (χ3n) is 4.46. The zero-order chi connectivity index (χ0) is 19.3. The molecule has 0 N–H and O–H groups in total. The summed E-state index contributed by atoms with van der Waals surface area (Å²) in [4.78, 5) is 37.9. The molecule has 0 aliphatic heterocycles. The van der Waals surface area contributed by atoms with Gasteiger partial charge in [-0.05, 0) is 38.5 Å². The quantitative estimate of drug-likeness (QED) is 0.573. The van der Waals surface area contributed by atoms with Crippen LogP contribution in [0, 0.1) is 11.8 Å². The molecule has 0 saturated heterocycles. The molecule has 1 aromatic rings. The lowest BCUT2D eigenvalue weighted by Gasteiger charge is -2.35. The van der Waals surface area contributed by atoms with Gasteiger partial charge in [-0.15, -0.1) is 0 Å². The highest BCUT2D eigenvalue weighted by Crippen LogP contribution is 2.45. The number of hydrogen-bond donors (Lipinski definition) is 0. The van der Waals surface area contributed by atoms with E-state index in [4.69, 9.17) is 14.2 Å². The molecule has 2 rings (SSSR count). The molecular formula is C20H24O6. The first kappa shape index (κ1) is 19.7. The molecule has 6 heteroatoms. The summed E-state index contributed by atoms with van der Waals surface area (Å²) in [6.45, 7) is 5.44. The lowest BCUT2D eigenvalue weighted by Crippen LogP contribution is -2.42. The van der Waals surface area contributed by atoms with Gasteiger partial charge in [-0.3, -0.25) is 14.4 Å². The Hall–Kier alpha value is -2.63. The van der Waals surface area contributed by atoms with Crippen LogP contribution in [-0.2, 0) is 23.9 Å². The number of ketones is 1. The van der Waals surface area contributed by atoms with Crippen molar-refractivity contribution in [3.63, 3.8) is 0 Å². The van der Waals surface area contributed by atoms with Crippen LogP contribution in [0.15, 0.2) is 35.9 Å². The van der Waals surface area contributed by atoms with E-state index in [2.05, 4.69) is 0 Å². The van der Waals surface area contributed by atoms with Crippen molar-refractivity contribution < 1.29 is 28.6 Å². The predicted molar refractivity (Wildman–Crippen MR) is 94.7 cm³/mol. The second-order valence-electron chi connectivity index (χ2n) is 6.02. The van der Waals surface area contributed by atoms with Crippen LogP contribution >= 0.6 is 0 Å². The number of carbonyl (C=O) groups is 3. The Kier molecular flexibility index (Phi) is 6.55. The molecule has 0 saturated carbocycles. The van der Waals surface area contributed by atoms with Gasteiger partial charge in [-0.2, -0.15) is 0 Å². The molecule has 3 atom stereocenters. The summed E-state index contributed by atoms with van der Waals surface area (Å²) in [5.41, 5.74) is 1.16. The van der Waals surface area contributed by atoms with Crippen LogP contribution < -0.4 is 4.74 Å². The molecule has 0 amide bonds. The minimum absolute atomic E-state index is 0.147. The van der Waals surface area contributed by atoms with Crippen LogP contribution in [0.2, 0.25) is 0 Å². The van der Waals surface area contributed by atoms with Crippen LogP contribution in [-0.4, -0.2) is 38.0 Å². The molecule has 1 aromatic carbocycles. The number of carbonyl (C=O) groups excluding carboxylic acids is 3. The first-order valence-electron chi connectivity index (χ1n) is 8.64. The van der Waals surface area contributed by atoms with E-state index in [9.17, 15) is 14.4 Å².